The molecule has 0 N–H and O–H groups in total. The Labute approximate surface area is 190 Å². The van der Waals surface area contributed by atoms with Crippen molar-refractivity contribution in [2.45, 2.75) is 69.3 Å². The molecule has 0 bridgehead atoms. The molecule has 2 aromatic carbocycles. The zero-order chi connectivity index (χ0) is 23.1. The fourth-order valence-electron chi connectivity index (χ4n) is 3.70. The van der Waals surface area contributed by atoms with Crippen molar-refractivity contribution in [1.82, 2.24) is 0 Å². The number of halogens is 3. The molecule has 31 heavy (non-hydrogen) atoms. The summed E-state index contributed by atoms with van der Waals surface area (Å²) >= 11 is 1.94. The Balaban J connectivity index is 0.000000720. The van der Waals surface area contributed by atoms with E-state index in [0.717, 1.165) is 17.5 Å². The van der Waals surface area contributed by atoms with Gasteiger partial charge in [0.25, 0.3) is 0 Å². The molecule has 2 aromatic rings. The zero-order valence-corrected chi connectivity index (χ0v) is 19.7. The van der Waals surface area contributed by atoms with Gasteiger partial charge in [-0.1, -0.05) is 69.5 Å². The van der Waals surface area contributed by atoms with Crippen molar-refractivity contribution in [2.75, 3.05) is 0 Å². The maximum Gasteiger partial charge on any atom is 0.123 e. The fourth-order valence-corrected chi connectivity index (χ4v) is 5.59. The summed E-state index contributed by atoms with van der Waals surface area (Å²) in [5.74, 6) is -0.476. The predicted octanol–water partition coefficient (Wildman–Crippen LogP) is 9.37. The molecule has 0 unspecified atom stereocenters. The lowest BCUT2D eigenvalue weighted by Crippen LogP contribution is -2.27. The van der Waals surface area contributed by atoms with Crippen molar-refractivity contribution in [3.63, 3.8) is 0 Å². The molecule has 1 fully saturated rings. The first-order chi connectivity index (χ1) is 15.1. The van der Waals surface area contributed by atoms with Crippen molar-refractivity contribution >= 4 is 11.8 Å². The molecular formula is C27H35F3S. The first-order valence-electron chi connectivity index (χ1n) is 11.1. The second kappa shape index (κ2) is 15.0. The minimum absolute atomic E-state index is 0.238. The van der Waals surface area contributed by atoms with E-state index in [-0.39, 0.29) is 16.4 Å². The quantitative estimate of drug-likeness (QED) is 0.397. The molecule has 1 saturated carbocycles. The summed E-state index contributed by atoms with van der Waals surface area (Å²) in [7, 11) is 0. The van der Waals surface area contributed by atoms with E-state index >= 15 is 0 Å². The molecular weight excluding hydrogens is 413 g/mol. The van der Waals surface area contributed by atoms with Gasteiger partial charge in [-0.25, -0.2) is 13.2 Å². The number of hydrogen-bond acceptors (Lipinski definition) is 1. The highest BCUT2D eigenvalue weighted by Gasteiger charge is 2.37. The van der Waals surface area contributed by atoms with Gasteiger partial charge in [-0.3, -0.25) is 0 Å². The average molecular weight is 449 g/mol. The summed E-state index contributed by atoms with van der Waals surface area (Å²) < 4.78 is 37.2. The van der Waals surface area contributed by atoms with Crippen molar-refractivity contribution in [2.24, 2.45) is 0 Å². The van der Waals surface area contributed by atoms with Crippen LogP contribution in [0.2, 0.25) is 0 Å². The molecule has 170 valence electrons. The number of thioether (sulfide) groups is 1. The lowest BCUT2D eigenvalue weighted by atomic mass is 9.87. The maximum absolute atomic E-state index is 13.5. The molecule has 3 rings (SSSR count). The van der Waals surface area contributed by atoms with Crippen LogP contribution < -0.4 is 0 Å². The lowest BCUT2D eigenvalue weighted by Gasteiger charge is -2.38. The van der Waals surface area contributed by atoms with Gasteiger partial charge in [0.05, 0.1) is 11.1 Å². The number of hydrogen-bond donors (Lipinski definition) is 0. The summed E-state index contributed by atoms with van der Waals surface area (Å²) in [6, 6.07) is 13.5. The summed E-state index contributed by atoms with van der Waals surface area (Å²) in [5.41, 5.74) is 2.10. The van der Waals surface area contributed by atoms with Crippen LogP contribution in [0.15, 0.2) is 73.6 Å². The Morgan fingerprint density at radius 3 is 1.68 bits per heavy atom. The molecule has 0 aromatic heterocycles. The second-order valence-electron chi connectivity index (χ2n) is 7.17. The van der Waals surface area contributed by atoms with Crippen molar-refractivity contribution in [3.05, 3.63) is 96.4 Å². The molecule has 1 aliphatic rings. The van der Waals surface area contributed by atoms with Crippen molar-refractivity contribution in [3.8, 4) is 0 Å². The van der Waals surface area contributed by atoms with Crippen LogP contribution in [-0.4, -0.2) is 5.25 Å². The third-order valence-electron chi connectivity index (χ3n) is 5.10. The molecule has 1 aliphatic carbocycles. The first-order valence-corrected chi connectivity index (χ1v) is 12.0. The highest BCUT2D eigenvalue weighted by molar-refractivity contribution is 8.01. The fraction of sp³-hybridized carbons (Fsp3) is 0.407. The van der Waals surface area contributed by atoms with Crippen LogP contribution in [0, 0.1) is 11.6 Å². The van der Waals surface area contributed by atoms with Crippen LogP contribution in [0.4, 0.5) is 13.2 Å². The number of benzene rings is 2. The Kier molecular flexibility index (Phi) is 13.1. The molecule has 0 radical (unpaired) electrons. The smallest absolute Gasteiger partial charge is 0.123 e. The summed E-state index contributed by atoms with van der Waals surface area (Å²) in [5, 5.41) is 0.559. The summed E-state index contributed by atoms with van der Waals surface area (Å²) in [6.07, 6.45) is 10.7. The number of rotatable bonds is 6. The van der Waals surface area contributed by atoms with Gasteiger partial charge in [0.15, 0.2) is 0 Å². The molecule has 0 nitrogen and oxygen atoms in total. The summed E-state index contributed by atoms with van der Waals surface area (Å²) in [4.78, 5) is 0. The standard InChI is InChI=1S/C22H24F2S.C3H5F.C2H6/c1-2-16-22(17-8-12-19(23)13-9-17,18-10-14-20(24)15-11-18)25-21-6-4-3-5-7-21;1-2-3-4;1-2/h2,8-15,21H,1,3-7,16H2;2-3H,1H3;1-2H3/b;3-2+;. The average Bonchev–Trinajstić information content (AvgIpc) is 2.82. The van der Waals surface area contributed by atoms with Crippen molar-refractivity contribution < 1.29 is 13.2 Å². The van der Waals surface area contributed by atoms with E-state index in [2.05, 4.69) is 6.58 Å². The lowest BCUT2D eigenvalue weighted by molar-refractivity contribution is 0.512. The van der Waals surface area contributed by atoms with Gasteiger partial charge < -0.3 is 0 Å². The van der Waals surface area contributed by atoms with Crippen LogP contribution >= 0.6 is 11.8 Å². The van der Waals surface area contributed by atoms with E-state index in [1.807, 2.05) is 56.0 Å². The summed E-state index contributed by atoms with van der Waals surface area (Å²) in [6.45, 7) is 9.59. The monoisotopic (exact) mass is 448 g/mol. The van der Waals surface area contributed by atoms with Gasteiger partial charge in [-0.05, 0) is 61.6 Å². The molecule has 0 atom stereocenters. The normalized spacial score (nSPS) is 14.3. The van der Waals surface area contributed by atoms with E-state index < -0.39 is 0 Å². The van der Waals surface area contributed by atoms with Gasteiger partial charge in [-0.2, -0.15) is 0 Å². The molecule has 0 amide bonds. The second-order valence-corrected chi connectivity index (χ2v) is 8.77. The Morgan fingerprint density at radius 1 is 0.903 bits per heavy atom. The molecule has 0 aliphatic heterocycles. The van der Waals surface area contributed by atoms with Crippen LogP contribution in [0.5, 0.6) is 0 Å². The highest BCUT2D eigenvalue weighted by atomic mass is 32.2. The van der Waals surface area contributed by atoms with E-state index in [4.69, 9.17) is 0 Å². The molecule has 0 spiro atoms. The van der Waals surface area contributed by atoms with Crippen molar-refractivity contribution in [1.29, 1.82) is 0 Å². The molecule has 0 saturated heterocycles. The third kappa shape index (κ3) is 8.25. The minimum Gasteiger partial charge on any atom is -0.216 e. The van der Waals surface area contributed by atoms with Crippen LogP contribution in [0.3, 0.4) is 0 Å². The molecule has 0 heterocycles. The highest BCUT2D eigenvalue weighted by Crippen LogP contribution is 2.50. The Morgan fingerprint density at radius 2 is 1.32 bits per heavy atom. The Bertz CT molecular complexity index is 711. The van der Waals surface area contributed by atoms with Gasteiger partial charge in [0.2, 0.25) is 0 Å². The first kappa shape index (κ1) is 27.1. The van der Waals surface area contributed by atoms with E-state index in [9.17, 15) is 13.2 Å². The molecule has 4 heteroatoms. The van der Waals surface area contributed by atoms with E-state index in [0.29, 0.717) is 11.6 Å². The third-order valence-corrected chi connectivity index (χ3v) is 6.94. The minimum atomic E-state index is -0.356. The van der Waals surface area contributed by atoms with E-state index in [1.165, 1.54) is 62.4 Å². The van der Waals surface area contributed by atoms with Crippen LogP contribution in [0.1, 0.15) is 70.4 Å². The predicted molar refractivity (Wildman–Crippen MR) is 130 cm³/mol. The zero-order valence-electron chi connectivity index (χ0n) is 18.9. The van der Waals surface area contributed by atoms with E-state index in [1.54, 1.807) is 6.92 Å². The topological polar surface area (TPSA) is 0 Å². The number of allylic oxidation sites excluding steroid dienone is 2. The van der Waals surface area contributed by atoms with Gasteiger partial charge >= 0.3 is 0 Å². The maximum atomic E-state index is 13.5. The van der Waals surface area contributed by atoms with Crippen LogP contribution in [0.25, 0.3) is 0 Å². The van der Waals surface area contributed by atoms with Gasteiger partial charge in [0, 0.05) is 5.25 Å². The van der Waals surface area contributed by atoms with Gasteiger partial charge in [0.1, 0.15) is 11.6 Å². The Hall–Kier alpha value is -1.94. The largest absolute Gasteiger partial charge is 0.216 e. The van der Waals surface area contributed by atoms with Crippen LogP contribution in [-0.2, 0) is 4.75 Å². The van der Waals surface area contributed by atoms with Gasteiger partial charge in [-0.15, -0.1) is 18.3 Å². The SMILES string of the molecule is C/C=C/F.C=CCC(SC1CCCCC1)(c1ccc(F)cc1)c1ccc(F)cc1.CC.